The van der Waals surface area contributed by atoms with Gasteiger partial charge in [0.05, 0.1) is 16.9 Å². The van der Waals surface area contributed by atoms with Crippen LogP contribution in [0.2, 0.25) is 0 Å². The van der Waals surface area contributed by atoms with Crippen LogP contribution >= 0.6 is 11.8 Å². The molecule has 0 amide bonds. The van der Waals surface area contributed by atoms with Crippen molar-refractivity contribution in [3.8, 4) is 0 Å². The maximum Gasteiger partial charge on any atom is 0.157 e. The Kier molecular flexibility index (Phi) is 3.44. The van der Waals surface area contributed by atoms with Crippen LogP contribution in [0.15, 0.2) is 30.3 Å². The summed E-state index contributed by atoms with van der Waals surface area (Å²) in [6.07, 6.45) is 0.908. The highest BCUT2D eigenvalue weighted by Gasteiger charge is 2.34. The highest BCUT2D eigenvalue weighted by molar-refractivity contribution is 8.01. The lowest BCUT2D eigenvalue weighted by atomic mass is 10.0. The van der Waals surface area contributed by atoms with E-state index in [1.165, 1.54) is 11.8 Å². The van der Waals surface area contributed by atoms with Gasteiger partial charge in [0.15, 0.2) is 11.6 Å². The van der Waals surface area contributed by atoms with Crippen molar-refractivity contribution in [3.63, 3.8) is 0 Å². The maximum absolute atomic E-state index is 11.8. The molecule has 0 aromatic heterocycles. The fourth-order valence-electron chi connectivity index (χ4n) is 1.91. The molecule has 1 aromatic rings. The van der Waals surface area contributed by atoms with Gasteiger partial charge in [0.2, 0.25) is 0 Å². The Bertz CT molecular complexity index is 400. The molecule has 2 rings (SSSR count). The molecule has 1 heterocycles. The van der Waals surface area contributed by atoms with Gasteiger partial charge in [-0.1, -0.05) is 37.3 Å². The minimum atomic E-state index is -0.149. The molecule has 1 fully saturated rings. The monoisotopic (exact) mass is 234 g/mol. The van der Waals surface area contributed by atoms with Crippen molar-refractivity contribution >= 4 is 23.3 Å². The van der Waals surface area contributed by atoms with Crippen LogP contribution in [0.3, 0.4) is 0 Å². The molecule has 1 aliphatic heterocycles. The summed E-state index contributed by atoms with van der Waals surface area (Å²) in [4.78, 5) is 23.4. The Balaban J connectivity index is 2.22. The van der Waals surface area contributed by atoms with Gasteiger partial charge >= 0.3 is 0 Å². The van der Waals surface area contributed by atoms with Crippen molar-refractivity contribution < 1.29 is 9.59 Å². The van der Waals surface area contributed by atoms with E-state index in [0.29, 0.717) is 0 Å². The molecule has 2 unspecified atom stereocenters. The van der Waals surface area contributed by atoms with Gasteiger partial charge in [-0.05, 0) is 12.0 Å². The third-order valence-corrected chi connectivity index (χ3v) is 4.51. The van der Waals surface area contributed by atoms with E-state index < -0.39 is 0 Å². The van der Waals surface area contributed by atoms with Gasteiger partial charge in [-0.3, -0.25) is 9.59 Å². The van der Waals surface area contributed by atoms with Crippen molar-refractivity contribution in [1.29, 1.82) is 0 Å². The number of hydrogen-bond donors (Lipinski definition) is 0. The molecular formula is C13H14O2S. The van der Waals surface area contributed by atoms with Crippen LogP contribution in [-0.2, 0) is 9.59 Å². The van der Waals surface area contributed by atoms with E-state index in [1.54, 1.807) is 0 Å². The molecule has 0 saturated carbocycles. The Labute approximate surface area is 99.4 Å². The zero-order valence-electron chi connectivity index (χ0n) is 9.18. The molecule has 16 heavy (non-hydrogen) atoms. The lowest BCUT2D eigenvalue weighted by Gasteiger charge is -2.26. The minimum absolute atomic E-state index is 0.0112. The fraction of sp³-hybridized carbons (Fsp3) is 0.385. The Morgan fingerprint density at radius 2 is 1.88 bits per heavy atom. The molecule has 2 nitrogen and oxygen atoms in total. The summed E-state index contributed by atoms with van der Waals surface area (Å²) >= 11 is 1.50. The number of hydrogen-bond acceptors (Lipinski definition) is 3. The zero-order valence-corrected chi connectivity index (χ0v) is 10.00. The minimum Gasteiger partial charge on any atom is -0.298 e. The number of rotatable bonds is 2. The van der Waals surface area contributed by atoms with E-state index in [-0.39, 0.29) is 28.5 Å². The summed E-state index contributed by atoms with van der Waals surface area (Å²) in [5, 5.41) is -0.160. The van der Waals surface area contributed by atoms with Crippen LogP contribution in [0.4, 0.5) is 0 Å². The third-order valence-electron chi connectivity index (χ3n) is 2.77. The molecule has 0 bridgehead atoms. The number of carbonyl (C=O) groups excluding carboxylic acids is 2. The first-order valence-corrected chi connectivity index (χ1v) is 6.42. The second-order valence-corrected chi connectivity index (χ2v) is 5.25. The van der Waals surface area contributed by atoms with Crippen molar-refractivity contribution in [3.05, 3.63) is 35.9 Å². The van der Waals surface area contributed by atoms with Gasteiger partial charge in [-0.15, -0.1) is 11.8 Å². The van der Waals surface area contributed by atoms with Crippen molar-refractivity contribution in [2.45, 2.75) is 30.3 Å². The average molecular weight is 234 g/mol. The van der Waals surface area contributed by atoms with E-state index in [9.17, 15) is 9.59 Å². The lowest BCUT2D eigenvalue weighted by Crippen LogP contribution is -2.30. The number of benzene rings is 1. The van der Waals surface area contributed by atoms with Gasteiger partial charge in [-0.2, -0.15) is 0 Å². The van der Waals surface area contributed by atoms with Gasteiger partial charge in [0, 0.05) is 0 Å². The van der Waals surface area contributed by atoms with Crippen LogP contribution in [0, 0.1) is 0 Å². The average Bonchev–Trinajstić information content (AvgIpc) is 2.30. The molecule has 0 radical (unpaired) electrons. The van der Waals surface area contributed by atoms with Crippen LogP contribution in [-0.4, -0.2) is 16.8 Å². The number of thioether (sulfide) groups is 1. The quantitative estimate of drug-likeness (QED) is 0.738. The third kappa shape index (κ3) is 2.19. The van der Waals surface area contributed by atoms with Crippen molar-refractivity contribution in [2.24, 2.45) is 0 Å². The van der Waals surface area contributed by atoms with E-state index in [2.05, 4.69) is 0 Å². The van der Waals surface area contributed by atoms with E-state index in [1.807, 2.05) is 37.3 Å². The van der Waals surface area contributed by atoms with Crippen LogP contribution in [0.25, 0.3) is 0 Å². The van der Waals surface area contributed by atoms with Crippen LogP contribution in [0.5, 0.6) is 0 Å². The zero-order chi connectivity index (χ0) is 11.5. The van der Waals surface area contributed by atoms with Crippen LogP contribution < -0.4 is 0 Å². The fourth-order valence-corrected chi connectivity index (χ4v) is 3.22. The largest absolute Gasteiger partial charge is 0.298 e. The highest BCUT2D eigenvalue weighted by Crippen LogP contribution is 2.39. The Morgan fingerprint density at radius 1 is 1.19 bits per heavy atom. The van der Waals surface area contributed by atoms with E-state index in [4.69, 9.17) is 0 Å². The summed E-state index contributed by atoms with van der Waals surface area (Å²) in [6, 6.07) is 9.71. The first kappa shape index (κ1) is 11.4. The summed E-state index contributed by atoms with van der Waals surface area (Å²) < 4.78 is 0. The second kappa shape index (κ2) is 4.83. The number of Topliss-reactive ketones (excluding diaryl/α,β-unsaturated/α-hetero) is 2. The maximum atomic E-state index is 11.8. The molecule has 1 aromatic carbocycles. The summed E-state index contributed by atoms with van der Waals surface area (Å²) in [7, 11) is 0. The normalized spacial score (nSPS) is 25.8. The SMILES string of the molecule is CCC1SC(c2ccccc2)C(=O)CC1=O. The Morgan fingerprint density at radius 3 is 2.50 bits per heavy atom. The molecule has 0 aliphatic carbocycles. The summed E-state index contributed by atoms with van der Waals surface area (Å²) in [5.74, 6) is 0.135. The van der Waals surface area contributed by atoms with Gasteiger partial charge in [-0.25, -0.2) is 0 Å². The van der Waals surface area contributed by atoms with E-state index in [0.717, 1.165) is 12.0 Å². The van der Waals surface area contributed by atoms with Gasteiger partial charge < -0.3 is 0 Å². The first-order chi connectivity index (χ1) is 7.72. The molecular weight excluding hydrogens is 220 g/mol. The standard InChI is InChI=1S/C13H14O2S/c1-2-12-10(14)8-11(15)13(16-12)9-6-4-3-5-7-9/h3-7,12-13H,2,8H2,1H3. The van der Waals surface area contributed by atoms with Crippen molar-refractivity contribution in [2.75, 3.05) is 0 Å². The van der Waals surface area contributed by atoms with Gasteiger partial charge in [0.1, 0.15) is 0 Å². The molecule has 0 N–H and O–H groups in total. The number of ketones is 2. The predicted molar refractivity (Wildman–Crippen MR) is 65.5 cm³/mol. The summed E-state index contributed by atoms with van der Waals surface area (Å²) in [6.45, 7) is 1.99. The first-order valence-electron chi connectivity index (χ1n) is 5.48. The Hall–Kier alpha value is -1.09. The molecule has 1 saturated heterocycles. The molecule has 3 heteroatoms. The van der Waals surface area contributed by atoms with Gasteiger partial charge in [0.25, 0.3) is 0 Å². The summed E-state index contributed by atoms with van der Waals surface area (Å²) in [5.41, 5.74) is 1.02. The molecule has 84 valence electrons. The predicted octanol–water partition coefficient (Wildman–Crippen LogP) is 2.78. The second-order valence-electron chi connectivity index (χ2n) is 3.93. The molecule has 0 spiro atoms. The smallest absolute Gasteiger partial charge is 0.157 e. The molecule has 2 atom stereocenters. The lowest BCUT2D eigenvalue weighted by molar-refractivity contribution is -0.127. The number of carbonyl (C=O) groups is 2. The van der Waals surface area contributed by atoms with Crippen LogP contribution in [0.1, 0.15) is 30.6 Å². The van der Waals surface area contributed by atoms with Crippen molar-refractivity contribution in [1.82, 2.24) is 0 Å². The molecule has 1 aliphatic rings. The van der Waals surface area contributed by atoms with E-state index >= 15 is 0 Å². The topological polar surface area (TPSA) is 34.1 Å². The highest BCUT2D eigenvalue weighted by atomic mass is 32.2.